The van der Waals surface area contributed by atoms with Crippen LogP contribution in [0.1, 0.15) is 103 Å². The Labute approximate surface area is 183 Å². The van der Waals surface area contributed by atoms with Gasteiger partial charge in [0.2, 0.25) is 0 Å². The van der Waals surface area contributed by atoms with Crippen molar-refractivity contribution in [1.29, 1.82) is 0 Å². The van der Waals surface area contributed by atoms with Gasteiger partial charge >= 0.3 is 35.5 Å². The standard InChI is InChI=1S/C14H27O.C6H14N2O2.Na/c1-2-3-4-5-6-7-8-9-10-11-12-13-14-15;7-4-2-1-3-5(8)6(9)10;/h2-13H2,1H3;5H,1-4,7-8H2,(H,9,10);/q-1;;+1. The van der Waals surface area contributed by atoms with Crippen molar-refractivity contribution in [2.24, 2.45) is 11.5 Å². The van der Waals surface area contributed by atoms with E-state index in [1.165, 1.54) is 64.2 Å². The van der Waals surface area contributed by atoms with Gasteiger partial charge in [-0.25, -0.2) is 0 Å². The van der Waals surface area contributed by atoms with Crippen LogP contribution in [-0.2, 0) is 9.59 Å². The molecule has 6 heteroatoms. The summed E-state index contributed by atoms with van der Waals surface area (Å²) >= 11 is 0. The van der Waals surface area contributed by atoms with Crippen molar-refractivity contribution in [2.75, 3.05) is 6.54 Å². The fourth-order valence-electron chi connectivity index (χ4n) is 2.49. The number of nitrogens with two attached hydrogens (primary N) is 2. The van der Waals surface area contributed by atoms with E-state index in [1.54, 1.807) is 0 Å². The molecule has 0 aromatic carbocycles. The SMILES string of the molecule is CCCCCCCCCCCCC[C-]=O.NCCCCC(N)C(=O)O.[Na+]. The molecular weight excluding hydrogens is 339 g/mol. The van der Waals surface area contributed by atoms with Crippen LogP contribution in [0, 0.1) is 0 Å². The molecular formula is C20H41N2NaO3. The van der Waals surface area contributed by atoms with E-state index in [0.717, 1.165) is 19.3 Å². The third-order valence-electron chi connectivity index (χ3n) is 4.17. The van der Waals surface area contributed by atoms with E-state index in [1.807, 2.05) is 6.29 Å². The van der Waals surface area contributed by atoms with Gasteiger partial charge in [-0.15, -0.1) is 0 Å². The minimum atomic E-state index is -0.933. The molecule has 0 aromatic rings. The van der Waals surface area contributed by atoms with Crippen LogP contribution < -0.4 is 41.0 Å². The maximum absolute atomic E-state index is 10.1. The van der Waals surface area contributed by atoms with Crippen LogP contribution in [0.15, 0.2) is 0 Å². The first-order valence-electron chi connectivity index (χ1n) is 10.1. The Balaban J connectivity index is -0.000000422. The number of unbranched alkanes of at least 4 members (excludes halogenated alkanes) is 12. The molecule has 26 heavy (non-hydrogen) atoms. The van der Waals surface area contributed by atoms with Crippen LogP contribution in [0.5, 0.6) is 0 Å². The maximum Gasteiger partial charge on any atom is 1.00 e. The van der Waals surface area contributed by atoms with E-state index in [4.69, 9.17) is 16.6 Å². The Bertz CT molecular complexity index is 292. The zero-order valence-electron chi connectivity index (χ0n) is 17.3. The quantitative estimate of drug-likeness (QED) is 0.200. The fraction of sp³-hybridized carbons (Fsp3) is 0.900. The van der Waals surface area contributed by atoms with Crippen molar-refractivity contribution >= 4 is 12.3 Å². The Kier molecular flexibility index (Phi) is 32.3. The topological polar surface area (TPSA) is 106 Å². The van der Waals surface area contributed by atoms with E-state index in [-0.39, 0.29) is 29.6 Å². The average Bonchev–Trinajstić information content (AvgIpc) is 2.60. The van der Waals surface area contributed by atoms with Crippen molar-refractivity contribution in [3.8, 4) is 0 Å². The Morgan fingerprint density at radius 2 is 1.35 bits per heavy atom. The predicted octanol–water partition coefficient (Wildman–Crippen LogP) is 1.33. The van der Waals surface area contributed by atoms with Crippen molar-refractivity contribution in [3.63, 3.8) is 0 Å². The van der Waals surface area contributed by atoms with Gasteiger partial charge in [-0.2, -0.15) is 6.42 Å². The van der Waals surface area contributed by atoms with E-state index in [2.05, 4.69) is 6.92 Å². The zero-order chi connectivity index (χ0) is 19.2. The minimum Gasteiger partial charge on any atom is -0.542 e. The average molecular weight is 381 g/mol. The number of carboxylic acid groups (broad SMARTS) is 1. The number of hydrogen-bond donors (Lipinski definition) is 3. The van der Waals surface area contributed by atoms with Gasteiger partial charge < -0.3 is 21.4 Å². The summed E-state index contributed by atoms with van der Waals surface area (Å²) in [7, 11) is 0. The van der Waals surface area contributed by atoms with E-state index in [9.17, 15) is 9.59 Å². The molecule has 1 atom stereocenters. The molecule has 0 saturated heterocycles. The summed E-state index contributed by atoms with van der Waals surface area (Å²) in [6.45, 7) is 2.86. The number of carboxylic acids is 1. The summed E-state index contributed by atoms with van der Waals surface area (Å²) in [5, 5.41) is 8.33. The molecule has 0 aliphatic heterocycles. The third-order valence-corrected chi connectivity index (χ3v) is 4.17. The number of carbonyl (C=O) groups is 1. The molecule has 0 spiro atoms. The normalized spacial score (nSPS) is 11.0. The minimum absolute atomic E-state index is 0. The Morgan fingerprint density at radius 3 is 1.73 bits per heavy atom. The second-order valence-electron chi connectivity index (χ2n) is 6.66. The number of rotatable bonds is 17. The van der Waals surface area contributed by atoms with Crippen LogP contribution in [-0.4, -0.2) is 29.9 Å². The summed E-state index contributed by atoms with van der Waals surface area (Å²) in [6.07, 6.45) is 19.5. The van der Waals surface area contributed by atoms with Gasteiger partial charge in [-0.05, 0) is 19.4 Å². The summed E-state index contributed by atoms with van der Waals surface area (Å²) in [5.74, 6) is -0.933. The second-order valence-corrected chi connectivity index (χ2v) is 6.66. The molecule has 0 saturated carbocycles. The van der Waals surface area contributed by atoms with Gasteiger partial charge in [0.25, 0.3) is 0 Å². The van der Waals surface area contributed by atoms with E-state index < -0.39 is 12.0 Å². The molecule has 0 radical (unpaired) electrons. The fourth-order valence-corrected chi connectivity index (χ4v) is 2.49. The first-order chi connectivity index (χ1) is 12.1. The van der Waals surface area contributed by atoms with Crippen molar-refractivity contribution in [1.82, 2.24) is 0 Å². The Hall–Kier alpha value is 0.0600. The molecule has 0 aliphatic carbocycles. The molecule has 0 fully saturated rings. The van der Waals surface area contributed by atoms with Crippen LogP contribution in [0.4, 0.5) is 0 Å². The van der Waals surface area contributed by atoms with Crippen LogP contribution in [0.2, 0.25) is 0 Å². The summed E-state index contributed by atoms with van der Waals surface area (Å²) < 4.78 is 0. The van der Waals surface area contributed by atoms with Gasteiger partial charge in [0.1, 0.15) is 6.04 Å². The summed E-state index contributed by atoms with van der Waals surface area (Å²) in [5.41, 5.74) is 10.4. The van der Waals surface area contributed by atoms with Crippen molar-refractivity contribution in [3.05, 3.63) is 0 Å². The predicted molar refractivity (Wildman–Crippen MR) is 105 cm³/mol. The molecule has 5 nitrogen and oxygen atoms in total. The Morgan fingerprint density at radius 1 is 0.885 bits per heavy atom. The van der Waals surface area contributed by atoms with Crippen LogP contribution in [0.3, 0.4) is 0 Å². The van der Waals surface area contributed by atoms with Gasteiger partial charge in [-0.3, -0.25) is 11.1 Å². The molecule has 0 bridgehead atoms. The number of aliphatic carboxylic acids is 1. The molecule has 0 heterocycles. The molecule has 1 unspecified atom stereocenters. The summed E-state index contributed by atoms with van der Waals surface area (Å²) in [4.78, 5) is 20.1. The van der Waals surface area contributed by atoms with E-state index >= 15 is 0 Å². The first-order valence-corrected chi connectivity index (χ1v) is 10.1. The summed E-state index contributed by atoms with van der Waals surface area (Å²) in [6, 6.07) is -0.716. The molecule has 0 amide bonds. The van der Waals surface area contributed by atoms with Gasteiger partial charge in [0, 0.05) is 0 Å². The van der Waals surface area contributed by atoms with Crippen LogP contribution in [0.25, 0.3) is 0 Å². The molecule has 0 aliphatic rings. The number of hydrogen-bond acceptors (Lipinski definition) is 4. The van der Waals surface area contributed by atoms with E-state index in [0.29, 0.717) is 19.4 Å². The van der Waals surface area contributed by atoms with Gasteiger partial charge in [-0.1, -0.05) is 84.0 Å². The molecule has 0 aromatic heterocycles. The van der Waals surface area contributed by atoms with Gasteiger partial charge in [0.15, 0.2) is 0 Å². The van der Waals surface area contributed by atoms with Crippen LogP contribution >= 0.6 is 0 Å². The number of carbonyl (C=O) groups excluding carboxylic acids is 1. The monoisotopic (exact) mass is 380 g/mol. The molecule has 5 N–H and O–H groups in total. The zero-order valence-corrected chi connectivity index (χ0v) is 19.3. The second kappa shape index (κ2) is 27.3. The van der Waals surface area contributed by atoms with Crippen molar-refractivity contribution in [2.45, 2.75) is 109 Å². The van der Waals surface area contributed by atoms with Gasteiger partial charge in [0.05, 0.1) is 0 Å². The maximum atomic E-state index is 10.1. The smallest absolute Gasteiger partial charge is 0.542 e. The largest absolute Gasteiger partial charge is 1.00 e. The molecule has 0 rings (SSSR count). The molecule has 150 valence electrons. The third kappa shape index (κ3) is 28.8. The van der Waals surface area contributed by atoms with Crippen molar-refractivity contribution < 1.29 is 44.3 Å². The first kappa shape index (κ1) is 30.8.